The lowest BCUT2D eigenvalue weighted by atomic mass is 10.1. The predicted molar refractivity (Wildman–Crippen MR) is 145 cm³/mol. The highest BCUT2D eigenvalue weighted by Gasteiger charge is 2.30. The topological polar surface area (TPSA) is 169 Å². The smallest absolute Gasteiger partial charge is 0.329 e. The summed E-state index contributed by atoms with van der Waals surface area (Å²) < 4.78 is 38.9. The van der Waals surface area contributed by atoms with E-state index in [0.717, 1.165) is 29.7 Å². The molecule has 0 saturated heterocycles. The molecule has 13 heteroatoms. The molecular formula is C27H30F3N7O3. The number of amides is 3. The normalized spacial score (nSPS) is 12.6. The maximum atomic E-state index is 13.2. The molecule has 0 aliphatic rings. The first-order valence-corrected chi connectivity index (χ1v) is 12.3. The molecule has 1 heterocycles. The molecule has 3 amide bonds. The van der Waals surface area contributed by atoms with Gasteiger partial charge in [0.2, 0.25) is 11.8 Å². The van der Waals surface area contributed by atoms with E-state index >= 15 is 0 Å². The first-order chi connectivity index (χ1) is 19.0. The molecule has 0 unspecified atom stereocenters. The number of anilines is 1. The molecule has 3 aromatic rings. The van der Waals surface area contributed by atoms with Crippen LogP contribution in [0.1, 0.15) is 24.0 Å². The van der Waals surface area contributed by atoms with Gasteiger partial charge >= 0.3 is 6.18 Å². The Balaban J connectivity index is 1.80. The molecule has 8 N–H and O–H groups in total. The van der Waals surface area contributed by atoms with Gasteiger partial charge in [-0.2, -0.15) is 13.2 Å². The molecule has 10 nitrogen and oxygen atoms in total. The summed E-state index contributed by atoms with van der Waals surface area (Å²) in [5.74, 6) is -1.86. The second kappa shape index (κ2) is 13.6. The number of nitrogens with zero attached hydrogens (tertiary/aromatic N) is 2. The van der Waals surface area contributed by atoms with Gasteiger partial charge in [0.25, 0.3) is 5.91 Å². The maximum absolute atomic E-state index is 13.2. The molecule has 0 spiro atoms. The summed E-state index contributed by atoms with van der Waals surface area (Å²) in [5.41, 5.74) is 17.1. The van der Waals surface area contributed by atoms with Gasteiger partial charge in [-0.05, 0) is 42.3 Å². The highest BCUT2D eigenvalue weighted by Crippen LogP contribution is 2.29. The van der Waals surface area contributed by atoms with Crippen molar-refractivity contribution in [1.82, 2.24) is 15.2 Å². The van der Waals surface area contributed by atoms with Crippen molar-refractivity contribution in [3.05, 3.63) is 77.6 Å². The van der Waals surface area contributed by atoms with Crippen molar-refractivity contribution < 1.29 is 27.6 Å². The molecule has 40 heavy (non-hydrogen) atoms. The number of hydrogen-bond donors (Lipinski definition) is 5. The average molecular weight is 558 g/mol. The minimum Gasteiger partial charge on any atom is -0.329 e. The predicted octanol–water partition coefficient (Wildman–Crippen LogP) is 2.16. The lowest BCUT2D eigenvalue weighted by Gasteiger charge is -2.20. The standard InChI is InChI=1S/C27H30F3N7O3/c28-27(29,30)19-7-5-17(6-8-19)13-23(26(40)35-20-14-18-3-1-2-4-22(18)34-15-20)36-25(39)21(33)9-10-24(38)37(16-32)12-11-31/h1-8,13-15,21H,9-12,16,31-33H2,(H,35,40)(H,36,39)/b23-13+/t21-/m0/s1. The quantitative estimate of drug-likeness (QED) is 0.178. The van der Waals surface area contributed by atoms with Crippen molar-refractivity contribution >= 4 is 40.4 Å². The molecule has 212 valence electrons. The zero-order valence-electron chi connectivity index (χ0n) is 21.4. The van der Waals surface area contributed by atoms with Gasteiger partial charge in [-0.25, -0.2) is 0 Å². The SMILES string of the molecule is NCCN(CN)C(=O)CC[C@H](N)C(=O)N/C(=C/c1ccc(C(F)(F)F)cc1)C(=O)Nc1cnc2ccccc2c1. The Labute approximate surface area is 228 Å². The summed E-state index contributed by atoms with van der Waals surface area (Å²) >= 11 is 0. The molecule has 0 saturated carbocycles. The first-order valence-electron chi connectivity index (χ1n) is 12.3. The van der Waals surface area contributed by atoms with Gasteiger partial charge in [0, 0.05) is 24.9 Å². The number of alkyl halides is 3. The molecule has 1 atom stereocenters. The van der Waals surface area contributed by atoms with Crippen LogP contribution in [-0.2, 0) is 20.6 Å². The molecule has 2 aromatic carbocycles. The summed E-state index contributed by atoms with van der Waals surface area (Å²) in [6, 6.07) is 11.8. The highest BCUT2D eigenvalue weighted by molar-refractivity contribution is 6.09. The lowest BCUT2D eigenvalue weighted by molar-refractivity contribution is -0.137. The van der Waals surface area contributed by atoms with Crippen LogP contribution in [-0.4, -0.2) is 53.4 Å². The number of fused-ring (bicyclic) bond motifs is 1. The highest BCUT2D eigenvalue weighted by atomic mass is 19.4. The number of hydrogen-bond acceptors (Lipinski definition) is 7. The summed E-state index contributed by atoms with van der Waals surface area (Å²) in [6.45, 7) is 0.428. The second-order valence-electron chi connectivity index (χ2n) is 8.81. The van der Waals surface area contributed by atoms with Crippen LogP contribution in [0.2, 0.25) is 0 Å². The minimum atomic E-state index is -4.53. The van der Waals surface area contributed by atoms with E-state index in [0.29, 0.717) is 11.2 Å². The van der Waals surface area contributed by atoms with Crippen molar-refractivity contribution in [2.24, 2.45) is 17.2 Å². The van der Waals surface area contributed by atoms with Crippen LogP contribution >= 0.6 is 0 Å². The average Bonchev–Trinajstić information content (AvgIpc) is 2.93. The summed E-state index contributed by atoms with van der Waals surface area (Å²) in [4.78, 5) is 43.9. The van der Waals surface area contributed by atoms with E-state index in [1.807, 2.05) is 6.07 Å². The van der Waals surface area contributed by atoms with Gasteiger partial charge in [-0.1, -0.05) is 30.3 Å². The van der Waals surface area contributed by atoms with Gasteiger partial charge in [0.05, 0.1) is 35.7 Å². The Morgan fingerprint density at radius 3 is 2.40 bits per heavy atom. The second-order valence-corrected chi connectivity index (χ2v) is 8.81. The van der Waals surface area contributed by atoms with E-state index in [9.17, 15) is 27.6 Å². The van der Waals surface area contributed by atoms with E-state index in [1.165, 1.54) is 17.2 Å². The van der Waals surface area contributed by atoms with Gasteiger partial charge in [0.1, 0.15) is 5.70 Å². The fourth-order valence-electron chi connectivity index (χ4n) is 3.70. The maximum Gasteiger partial charge on any atom is 0.416 e. The number of pyridine rings is 1. The number of rotatable bonds is 11. The van der Waals surface area contributed by atoms with E-state index in [-0.39, 0.29) is 49.8 Å². The lowest BCUT2D eigenvalue weighted by Crippen LogP contribution is -2.44. The van der Waals surface area contributed by atoms with Crippen LogP contribution in [0.5, 0.6) is 0 Å². The van der Waals surface area contributed by atoms with Crippen molar-refractivity contribution in [2.45, 2.75) is 25.1 Å². The molecular weight excluding hydrogens is 527 g/mol. The van der Waals surface area contributed by atoms with E-state index in [4.69, 9.17) is 17.2 Å². The fraction of sp³-hybridized carbons (Fsp3) is 0.259. The number of para-hydroxylation sites is 1. The van der Waals surface area contributed by atoms with Crippen LogP contribution in [0.15, 0.2) is 66.5 Å². The van der Waals surface area contributed by atoms with Crippen LogP contribution < -0.4 is 27.8 Å². The Hall–Kier alpha value is -4.33. The molecule has 0 fully saturated rings. The molecule has 0 aliphatic carbocycles. The summed E-state index contributed by atoms with van der Waals surface area (Å²) in [6.07, 6.45) is -2.02. The van der Waals surface area contributed by atoms with Crippen LogP contribution in [0.3, 0.4) is 0 Å². The Morgan fingerprint density at radius 2 is 1.75 bits per heavy atom. The summed E-state index contributed by atoms with van der Waals surface area (Å²) in [5, 5.41) is 5.82. The Kier molecular flexibility index (Phi) is 10.3. The number of aromatic nitrogens is 1. The fourth-order valence-corrected chi connectivity index (χ4v) is 3.70. The number of carbonyl (C=O) groups excluding carboxylic acids is 3. The zero-order chi connectivity index (χ0) is 29.3. The molecule has 3 rings (SSSR count). The number of halogens is 3. The van der Waals surface area contributed by atoms with Crippen molar-refractivity contribution in [1.29, 1.82) is 0 Å². The van der Waals surface area contributed by atoms with Gasteiger partial charge in [-0.15, -0.1) is 0 Å². The van der Waals surface area contributed by atoms with Gasteiger partial charge in [-0.3, -0.25) is 19.4 Å². The van der Waals surface area contributed by atoms with Crippen molar-refractivity contribution in [2.75, 3.05) is 25.1 Å². The largest absolute Gasteiger partial charge is 0.416 e. The third kappa shape index (κ3) is 8.33. The van der Waals surface area contributed by atoms with Crippen LogP contribution in [0.25, 0.3) is 17.0 Å². The van der Waals surface area contributed by atoms with Gasteiger partial charge < -0.3 is 32.7 Å². The van der Waals surface area contributed by atoms with E-state index in [2.05, 4.69) is 15.6 Å². The van der Waals surface area contributed by atoms with E-state index in [1.54, 1.807) is 24.3 Å². The zero-order valence-corrected chi connectivity index (χ0v) is 21.4. The number of nitrogens with two attached hydrogens (primary N) is 3. The third-order valence-corrected chi connectivity index (χ3v) is 5.88. The van der Waals surface area contributed by atoms with Crippen molar-refractivity contribution in [3.63, 3.8) is 0 Å². The van der Waals surface area contributed by atoms with Crippen LogP contribution in [0.4, 0.5) is 18.9 Å². The number of nitrogens with one attached hydrogen (secondary N) is 2. The van der Waals surface area contributed by atoms with Gasteiger partial charge in [0.15, 0.2) is 0 Å². The van der Waals surface area contributed by atoms with Crippen molar-refractivity contribution in [3.8, 4) is 0 Å². The third-order valence-electron chi connectivity index (χ3n) is 5.88. The summed E-state index contributed by atoms with van der Waals surface area (Å²) in [7, 11) is 0. The molecule has 0 radical (unpaired) electrons. The number of benzene rings is 2. The molecule has 0 bridgehead atoms. The molecule has 0 aliphatic heterocycles. The molecule has 1 aromatic heterocycles. The Morgan fingerprint density at radius 1 is 1.05 bits per heavy atom. The number of carbonyl (C=O) groups is 3. The van der Waals surface area contributed by atoms with E-state index < -0.39 is 29.6 Å². The van der Waals surface area contributed by atoms with Crippen LogP contribution in [0, 0.1) is 0 Å². The Bertz CT molecular complexity index is 1380. The minimum absolute atomic E-state index is 0.0404. The first kappa shape index (κ1) is 30.2. The monoisotopic (exact) mass is 557 g/mol.